The fraction of sp³-hybridized carbons (Fsp3) is 0.611. The molecule has 0 saturated carbocycles. The molecule has 1 radical (unpaired) electrons. The number of rotatable bonds is 14. The highest BCUT2D eigenvalue weighted by Gasteiger charge is 2.06. The summed E-state index contributed by atoms with van der Waals surface area (Å²) in [5.41, 5.74) is 0.246. The molecule has 0 bridgehead atoms. The number of allylic oxidation sites excluding steroid dienone is 5. The van der Waals surface area contributed by atoms with Crippen LogP contribution >= 0.6 is 0 Å². The summed E-state index contributed by atoms with van der Waals surface area (Å²) in [6.45, 7) is 2.17. The van der Waals surface area contributed by atoms with Crippen LogP contribution in [0, 0.1) is 10.1 Å². The van der Waals surface area contributed by atoms with Gasteiger partial charge in [0.1, 0.15) is 0 Å². The van der Waals surface area contributed by atoms with Gasteiger partial charge in [-0.05, 0) is 44.6 Å². The number of nitrogens with zero attached hydrogens (tertiary/aromatic N) is 1. The topological polar surface area (TPSA) is 60.2 Å². The first-order valence-electron chi connectivity index (χ1n) is 8.20. The van der Waals surface area contributed by atoms with Gasteiger partial charge in [-0.2, -0.15) is 0 Å². The van der Waals surface area contributed by atoms with Crippen molar-refractivity contribution in [3.8, 4) is 0 Å². The van der Waals surface area contributed by atoms with Crippen LogP contribution in [0.5, 0.6) is 0 Å². The molecule has 0 unspecified atom stereocenters. The number of hydrogen-bond donors (Lipinski definition) is 0. The van der Waals surface area contributed by atoms with Crippen LogP contribution in [0.1, 0.15) is 71.1 Å². The Morgan fingerprint density at radius 1 is 1.05 bits per heavy atom. The number of carbonyl (C=O) groups excluding carboxylic acids is 1. The number of nitro groups is 1. The zero-order chi connectivity index (χ0) is 16.5. The summed E-state index contributed by atoms with van der Waals surface area (Å²) in [5, 5.41) is 10.9. The molecular weight excluding hydrogens is 278 g/mol. The Bertz CT molecular complexity index is 384. The van der Waals surface area contributed by atoms with E-state index in [1.54, 1.807) is 6.08 Å². The third-order valence-corrected chi connectivity index (χ3v) is 3.26. The van der Waals surface area contributed by atoms with Crippen LogP contribution < -0.4 is 0 Å². The van der Waals surface area contributed by atoms with E-state index in [0.29, 0.717) is 19.3 Å². The van der Waals surface area contributed by atoms with E-state index < -0.39 is 0 Å². The van der Waals surface area contributed by atoms with Gasteiger partial charge in [0.25, 0.3) is 0 Å². The first kappa shape index (κ1) is 20.3. The van der Waals surface area contributed by atoms with Gasteiger partial charge in [0.15, 0.2) is 6.29 Å². The van der Waals surface area contributed by atoms with E-state index in [2.05, 4.69) is 13.0 Å². The summed E-state index contributed by atoms with van der Waals surface area (Å²) in [7, 11) is 0. The Kier molecular flexibility index (Phi) is 14.5. The van der Waals surface area contributed by atoms with Crippen LogP contribution in [0.2, 0.25) is 0 Å². The van der Waals surface area contributed by atoms with Crippen LogP contribution in [-0.4, -0.2) is 11.2 Å². The van der Waals surface area contributed by atoms with E-state index in [0.717, 1.165) is 25.7 Å². The molecule has 0 aromatic heterocycles. The lowest BCUT2D eigenvalue weighted by molar-refractivity contribution is -0.427. The Morgan fingerprint density at radius 3 is 2.36 bits per heavy atom. The van der Waals surface area contributed by atoms with Crippen LogP contribution in [0.4, 0.5) is 0 Å². The van der Waals surface area contributed by atoms with Gasteiger partial charge in [-0.1, -0.05) is 44.1 Å². The van der Waals surface area contributed by atoms with Crippen molar-refractivity contribution < 1.29 is 9.72 Å². The second-order valence-corrected chi connectivity index (χ2v) is 5.22. The standard InChI is InChI=1S/C18H28NO3/c1-2-3-4-5-6-9-12-15-18(19(21)22)16-13-10-7-8-11-14-17-20/h6,9-10,13,15H,2-5,7-8,11-12,14,16H2,1H3/b9-6+,13-10+,18-15-. The minimum atomic E-state index is -0.309. The van der Waals surface area contributed by atoms with E-state index >= 15 is 0 Å². The fourth-order valence-corrected chi connectivity index (χ4v) is 1.94. The molecule has 0 aliphatic heterocycles. The molecule has 0 aliphatic rings. The van der Waals surface area contributed by atoms with Crippen molar-refractivity contribution in [2.75, 3.05) is 0 Å². The van der Waals surface area contributed by atoms with Crippen LogP contribution in [0.15, 0.2) is 36.1 Å². The Hall–Kier alpha value is -1.71. The molecule has 0 N–H and O–H groups in total. The number of hydrogen-bond acceptors (Lipinski definition) is 3. The van der Waals surface area contributed by atoms with E-state index in [1.807, 2.05) is 24.5 Å². The molecule has 0 atom stereocenters. The zero-order valence-electron chi connectivity index (χ0n) is 13.6. The van der Waals surface area contributed by atoms with Gasteiger partial charge in [0.2, 0.25) is 5.70 Å². The molecule has 0 saturated heterocycles. The SMILES string of the molecule is CCCCC/C=C/C/C=C(/C/C=C/CCCC[C]=O)[N+](=O)[O-]. The number of unbranched alkanes of at least 4 members (excludes halogenated alkanes) is 6. The van der Waals surface area contributed by atoms with Crippen molar-refractivity contribution in [1.29, 1.82) is 0 Å². The predicted octanol–water partition coefficient (Wildman–Crippen LogP) is 5.29. The van der Waals surface area contributed by atoms with Gasteiger partial charge in [0, 0.05) is 6.42 Å². The average Bonchev–Trinajstić information content (AvgIpc) is 2.50. The molecule has 4 heteroatoms. The lowest BCUT2D eigenvalue weighted by Gasteiger charge is -1.95. The Balaban J connectivity index is 3.98. The maximum absolute atomic E-state index is 10.9. The third-order valence-electron chi connectivity index (χ3n) is 3.26. The fourth-order valence-electron chi connectivity index (χ4n) is 1.94. The van der Waals surface area contributed by atoms with Gasteiger partial charge in [-0.3, -0.25) is 14.9 Å². The van der Waals surface area contributed by atoms with Gasteiger partial charge in [-0.15, -0.1) is 0 Å². The van der Waals surface area contributed by atoms with Crippen molar-refractivity contribution in [2.24, 2.45) is 0 Å². The van der Waals surface area contributed by atoms with Crippen LogP contribution in [0.3, 0.4) is 0 Å². The highest BCUT2D eigenvalue weighted by atomic mass is 16.6. The lowest BCUT2D eigenvalue weighted by atomic mass is 10.1. The summed E-state index contributed by atoms with van der Waals surface area (Å²) in [6, 6.07) is 0. The molecular formula is C18H28NO3. The minimum absolute atomic E-state index is 0.246. The first-order valence-corrected chi connectivity index (χ1v) is 8.20. The van der Waals surface area contributed by atoms with Gasteiger partial charge < -0.3 is 0 Å². The summed E-state index contributed by atoms with van der Waals surface area (Å²) in [4.78, 5) is 20.7. The molecule has 0 fully saturated rings. The quantitative estimate of drug-likeness (QED) is 0.189. The minimum Gasteiger partial charge on any atom is -0.291 e. The van der Waals surface area contributed by atoms with E-state index in [-0.39, 0.29) is 10.6 Å². The normalized spacial score (nSPS) is 12.3. The van der Waals surface area contributed by atoms with Crippen molar-refractivity contribution >= 4 is 6.29 Å². The average molecular weight is 306 g/mol. The summed E-state index contributed by atoms with van der Waals surface area (Å²) >= 11 is 0. The zero-order valence-corrected chi connectivity index (χ0v) is 13.6. The van der Waals surface area contributed by atoms with Gasteiger partial charge in [-0.25, -0.2) is 0 Å². The summed E-state index contributed by atoms with van der Waals surface area (Å²) in [5.74, 6) is 0. The van der Waals surface area contributed by atoms with E-state index in [9.17, 15) is 14.9 Å². The second-order valence-electron chi connectivity index (χ2n) is 5.22. The maximum atomic E-state index is 10.9. The predicted molar refractivity (Wildman–Crippen MR) is 90.9 cm³/mol. The molecule has 0 aromatic carbocycles. The van der Waals surface area contributed by atoms with Gasteiger partial charge >= 0.3 is 0 Å². The smallest absolute Gasteiger partial charge is 0.246 e. The Labute approximate surface area is 134 Å². The lowest BCUT2D eigenvalue weighted by Crippen LogP contribution is -1.97. The molecule has 0 aliphatic carbocycles. The Morgan fingerprint density at radius 2 is 1.73 bits per heavy atom. The summed E-state index contributed by atoms with van der Waals surface area (Å²) < 4.78 is 0. The highest BCUT2D eigenvalue weighted by Crippen LogP contribution is 2.08. The van der Waals surface area contributed by atoms with Crippen molar-refractivity contribution in [3.63, 3.8) is 0 Å². The third kappa shape index (κ3) is 13.3. The summed E-state index contributed by atoms with van der Waals surface area (Å²) in [6.07, 6.45) is 20.1. The maximum Gasteiger partial charge on any atom is 0.246 e. The molecule has 123 valence electrons. The molecule has 0 heterocycles. The largest absolute Gasteiger partial charge is 0.291 e. The molecule has 0 rings (SSSR count). The molecule has 0 amide bonds. The molecule has 4 nitrogen and oxygen atoms in total. The van der Waals surface area contributed by atoms with E-state index in [4.69, 9.17) is 0 Å². The molecule has 0 spiro atoms. The molecule has 0 aromatic rings. The molecule has 22 heavy (non-hydrogen) atoms. The van der Waals surface area contributed by atoms with E-state index in [1.165, 1.54) is 19.3 Å². The van der Waals surface area contributed by atoms with Crippen molar-refractivity contribution in [2.45, 2.75) is 71.1 Å². The monoisotopic (exact) mass is 306 g/mol. The highest BCUT2D eigenvalue weighted by molar-refractivity contribution is 5.50. The van der Waals surface area contributed by atoms with Gasteiger partial charge in [0.05, 0.1) is 11.3 Å². The first-order chi connectivity index (χ1) is 10.7. The van der Waals surface area contributed by atoms with Crippen LogP contribution in [-0.2, 0) is 4.79 Å². The second kappa shape index (κ2) is 15.7. The van der Waals surface area contributed by atoms with Crippen LogP contribution in [0.25, 0.3) is 0 Å². The van der Waals surface area contributed by atoms with Crippen molar-refractivity contribution in [1.82, 2.24) is 0 Å². The van der Waals surface area contributed by atoms with Crippen molar-refractivity contribution in [3.05, 3.63) is 46.2 Å².